The van der Waals surface area contributed by atoms with Crippen molar-refractivity contribution in [3.05, 3.63) is 34.3 Å². The molecule has 0 fully saturated rings. The smallest absolute Gasteiger partial charge is 0.218 e. The van der Waals surface area contributed by atoms with Gasteiger partial charge in [-0.2, -0.15) is 4.31 Å². The number of nitrogens with two attached hydrogens (primary N) is 1. The molecule has 21 heavy (non-hydrogen) atoms. The van der Waals surface area contributed by atoms with Gasteiger partial charge in [-0.05, 0) is 24.5 Å². The Morgan fingerprint density at radius 2 is 2.10 bits per heavy atom. The van der Waals surface area contributed by atoms with Crippen LogP contribution in [0, 0.1) is 6.92 Å². The van der Waals surface area contributed by atoms with Crippen LogP contribution in [0.5, 0.6) is 0 Å². The molecule has 0 heterocycles. The molecule has 0 radical (unpaired) electrons. The van der Waals surface area contributed by atoms with Crippen molar-refractivity contribution in [1.82, 2.24) is 4.31 Å². The fourth-order valence-corrected chi connectivity index (χ4v) is 4.00. The molecule has 0 aromatic heterocycles. The van der Waals surface area contributed by atoms with Gasteiger partial charge in [-0.15, -0.1) is 0 Å². The molecule has 0 bridgehead atoms. The molecule has 0 atom stereocenters. The van der Waals surface area contributed by atoms with Gasteiger partial charge in [0.05, 0.1) is 17.3 Å². The Morgan fingerprint density at radius 3 is 2.67 bits per heavy atom. The molecular formula is C14H21ClN2O2S2. The van der Waals surface area contributed by atoms with Gasteiger partial charge < -0.3 is 5.73 Å². The van der Waals surface area contributed by atoms with E-state index in [1.807, 2.05) is 19.9 Å². The zero-order valence-corrected chi connectivity index (χ0v) is 14.7. The lowest BCUT2D eigenvalue weighted by molar-refractivity contribution is 0.440. The summed E-state index contributed by atoms with van der Waals surface area (Å²) in [6.45, 7) is 4.34. The second kappa shape index (κ2) is 8.08. The van der Waals surface area contributed by atoms with Gasteiger partial charge in [0.25, 0.3) is 0 Å². The van der Waals surface area contributed by atoms with Crippen LogP contribution in [0.25, 0.3) is 0 Å². The Kier molecular flexibility index (Phi) is 7.06. The highest BCUT2D eigenvalue weighted by Gasteiger charge is 2.23. The number of sulfonamides is 1. The average molecular weight is 349 g/mol. The molecule has 4 nitrogen and oxygen atoms in total. The zero-order valence-electron chi connectivity index (χ0n) is 12.3. The minimum atomic E-state index is -3.50. The van der Waals surface area contributed by atoms with Crippen LogP contribution in [-0.2, 0) is 15.8 Å². The number of benzene rings is 1. The van der Waals surface area contributed by atoms with E-state index in [9.17, 15) is 8.42 Å². The summed E-state index contributed by atoms with van der Waals surface area (Å²) in [5.41, 5.74) is 6.97. The fourth-order valence-electron chi connectivity index (χ4n) is 1.93. The maximum absolute atomic E-state index is 12.6. The predicted molar refractivity (Wildman–Crippen MR) is 92.1 cm³/mol. The van der Waals surface area contributed by atoms with E-state index < -0.39 is 10.0 Å². The third-order valence-corrected chi connectivity index (χ3v) is 5.54. The summed E-state index contributed by atoms with van der Waals surface area (Å²) in [6.07, 6.45) is 1.66. The van der Waals surface area contributed by atoms with Crippen LogP contribution in [0.3, 0.4) is 0 Å². The second-order valence-electron chi connectivity index (χ2n) is 4.96. The van der Waals surface area contributed by atoms with Gasteiger partial charge >= 0.3 is 0 Å². The SMILES string of the molecule is CCCCN(CC(N)=S)S(=O)(=O)Cc1cccc(C)c1Cl. The second-order valence-corrected chi connectivity index (χ2v) is 7.83. The topological polar surface area (TPSA) is 63.4 Å². The van der Waals surface area contributed by atoms with Crippen molar-refractivity contribution in [3.8, 4) is 0 Å². The number of nitrogens with zero attached hydrogens (tertiary/aromatic N) is 1. The molecule has 0 spiro atoms. The first kappa shape index (κ1) is 18.4. The summed E-state index contributed by atoms with van der Waals surface area (Å²) in [7, 11) is -3.50. The lowest BCUT2D eigenvalue weighted by atomic mass is 10.2. The first-order valence-electron chi connectivity index (χ1n) is 6.78. The Balaban J connectivity index is 2.99. The van der Waals surface area contributed by atoms with Crippen molar-refractivity contribution >= 4 is 38.8 Å². The van der Waals surface area contributed by atoms with E-state index >= 15 is 0 Å². The molecule has 0 aliphatic heterocycles. The fraction of sp³-hybridized carbons (Fsp3) is 0.500. The molecule has 118 valence electrons. The maximum Gasteiger partial charge on any atom is 0.218 e. The quantitative estimate of drug-likeness (QED) is 0.734. The van der Waals surface area contributed by atoms with Gasteiger partial charge in [-0.25, -0.2) is 8.42 Å². The van der Waals surface area contributed by atoms with E-state index in [0.29, 0.717) is 17.1 Å². The molecule has 0 unspecified atom stereocenters. The number of aryl methyl sites for hydroxylation is 1. The Morgan fingerprint density at radius 1 is 1.43 bits per heavy atom. The summed E-state index contributed by atoms with van der Waals surface area (Å²) in [6, 6.07) is 5.38. The standard InChI is InChI=1S/C14H21ClN2O2S2/c1-3-4-8-17(9-13(16)20)21(18,19)10-12-7-5-6-11(2)14(12)15/h5-7H,3-4,8-10H2,1-2H3,(H2,16,20). The van der Waals surface area contributed by atoms with Gasteiger partial charge in [-0.3, -0.25) is 0 Å². The van der Waals surface area contributed by atoms with Gasteiger partial charge in [-0.1, -0.05) is 55.4 Å². The molecule has 1 rings (SSSR count). The molecule has 1 aromatic carbocycles. The molecule has 0 saturated heterocycles. The molecule has 0 aliphatic carbocycles. The van der Waals surface area contributed by atoms with E-state index in [1.54, 1.807) is 12.1 Å². The zero-order chi connectivity index (χ0) is 16.0. The summed E-state index contributed by atoms with van der Waals surface area (Å²) in [5.74, 6) is -0.139. The monoisotopic (exact) mass is 348 g/mol. The number of thiocarbonyl (C=S) groups is 1. The lowest BCUT2D eigenvalue weighted by Crippen LogP contribution is -2.39. The lowest BCUT2D eigenvalue weighted by Gasteiger charge is -2.22. The highest BCUT2D eigenvalue weighted by molar-refractivity contribution is 7.88. The molecule has 0 saturated carbocycles. The highest BCUT2D eigenvalue weighted by atomic mass is 35.5. The Hall–Kier alpha value is -0.690. The molecule has 2 N–H and O–H groups in total. The van der Waals surface area contributed by atoms with E-state index in [4.69, 9.17) is 29.6 Å². The number of unbranched alkanes of at least 4 members (excludes halogenated alkanes) is 1. The number of halogens is 1. The Bertz CT molecular complexity index is 603. The molecule has 7 heteroatoms. The Labute approximate surface area is 137 Å². The van der Waals surface area contributed by atoms with E-state index in [2.05, 4.69) is 0 Å². The van der Waals surface area contributed by atoms with Crippen molar-refractivity contribution in [2.75, 3.05) is 13.1 Å². The minimum Gasteiger partial charge on any atom is -0.392 e. The normalized spacial score (nSPS) is 11.8. The van der Waals surface area contributed by atoms with Gasteiger partial charge in [0.2, 0.25) is 10.0 Å². The van der Waals surface area contributed by atoms with Crippen molar-refractivity contribution in [2.24, 2.45) is 5.73 Å². The molecule has 0 amide bonds. The first-order chi connectivity index (χ1) is 9.77. The largest absolute Gasteiger partial charge is 0.392 e. The van der Waals surface area contributed by atoms with Crippen LogP contribution in [0.2, 0.25) is 5.02 Å². The number of hydrogen-bond donors (Lipinski definition) is 1. The highest BCUT2D eigenvalue weighted by Crippen LogP contribution is 2.23. The van der Waals surface area contributed by atoms with Crippen molar-refractivity contribution in [3.63, 3.8) is 0 Å². The van der Waals surface area contributed by atoms with Gasteiger partial charge in [0, 0.05) is 11.6 Å². The molecule has 0 aliphatic rings. The predicted octanol–water partition coefficient (Wildman–Crippen LogP) is 2.87. The number of hydrogen-bond acceptors (Lipinski definition) is 3. The van der Waals surface area contributed by atoms with Gasteiger partial charge in [0.1, 0.15) is 0 Å². The van der Waals surface area contributed by atoms with Crippen LogP contribution >= 0.6 is 23.8 Å². The van der Waals surface area contributed by atoms with E-state index in [0.717, 1.165) is 18.4 Å². The summed E-state index contributed by atoms with van der Waals surface area (Å²) < 4.78 is 26.5. The van der Waals surface area contributed by atoms with Gasteiger partial charge in [0.15, 0.2) is 0 Å². The minimum absolute atomic E-state index is 0.0705. The number of rotatable bonds is 8. The van der Waals surface area contributed by atoms with Crippen LogP contribution in [0.15, 0.2) is 18.2 Å². The van der Waals surface area contributed by atoms with Crippen LogP contribution < -0.4 is 5.73 Å². The van der Waals surface area contributed by atoms with Crippen LogP contribution in [-0.4, -0.2) is 30.8 Å². The van der Waals surface area contributed by atoms with Crippen molar-refractivity contribution in [1.29, 1.82) is 0 Å². The average Bonchev–Trinajstić information content (AvgIpc) is 2.39. The van der Waals surface area contributed by atoms with Crippen LogP contribution in [0.4, 0.5) is 0 Å². The van der Waals surface area contributed by atoms with Crippen LogP contribution in [0.1, 0.15) is 30.9 Å². The van der Waals surface area contributed by atoms with Crippen molar-refractivity contribution in [2.45, 2.75) is 32.4 Å². The molecular weight excluding hydrogens is 328 g/mol. The first-order valence-corrected chi connectivity index (χ1v) is 9.17. The summed E-state index contributed by atoms with van der Waals surface area (Å²) in [5, 5.41) is 0.492. The molecule has 1 aromatic rings. The third kappa shape index (κ3) is 5.54. The van der Waals surface area contributed by atoms with E-state index in [-0.39, 0.29) is 17.3 Å². The van der Waals surface area contributed by atoms with E-state index in [1.165, 1.54) is 4.31 Å². The van der Waals surface area contributed by atoms with Crippen molar-refractivity contribution < 1.29 is 8.42 Å². The third-order valence-electron chi connectivity index (χ3n) is 3.10. The summed E-state index contributed by atoms with van der Waals surface area (Å²) >= 11 is 11.0. The summed E-state index contributed by atoms with van der Waals surface area (Å²) in [4.78, 5) is 0.171. The maximum atomic E-state index is 12.6.